The molecule has 0 radical (unpaired) electrons. The van der Waals surface area contributed by atoms with Crippen LogP contribution in [0.25, 0.3) is 22.3 Å². The number of pyridine rings is 2. The van der Waals surface area contributed by atoms with Gasteiger partial charge in [-0.2, -0.15) is 0 Å². The molecule has 27 heavy (non-hydrogen) atoms. The van der Waals surface area contributed by atoms with Crippen LogP contribution in [0.1, 0.15) is 21.5 Å². The number of nitrogens with zero attached hydrogens (tertiary/aromatic N) is 2. The second-order valence-corrected chi connectivity index (χ2v) is 6.62. The van der Waals surface area contributed by atoms with Crippen molar-refractivity contribution in [2.45, 2.75) is 13.8 Å². The maximum absolute atomic E-state index is 13.1. The van der Waals surface area contributed by atoms with Gasteiger partial charge in [0, 0.05) is 17.3 Å². The number of carbonyl (C=O) groups excluding carboxylic acids is 1. The van der Waals surface area contributed by atoms with Gasteiger partial charge in [-0.05, 0) is 61.4 Å². The first-order chi connectivity index (χ1) is 13.1. The fourth-order valence-corrected chi connectivity index (χ4v) is 3.25. The smallest absolute Gasteiger partial charge is 0.256 e. The molecule has 0 atom stereocenters. The molecule has 0 aliphatic rings. The van der Waals surface area contributed by atoms with Gasteiger partial charge in [0.25, 0.3) is 5.91 Å². The van der Waals surface area contributed by atoms with Crippen molar-refractivity contribution in [3.8, 4) is 11.4 Å². The van der Waals surface area contributed by atoms with Gasteiger partial charge < -0.3 is 5.32 Å². The van der Waals surface area contributed by atoms with Crippen LogP contribution in [-0.4, -0.2) is 15.9 Å². The fraction of sp³-hybridized carbons (Fsp3) is 0.0870. The monoisotopic (exact) mass is 353 g/mol. The second-order valence-electron chi connectivity index (χ2n) is 6.62. The van der Waals surface area contributed by atoms with Crippen molar-refractivity contribution in [3.63, 3.8) is 0 Å². The lowest BCUT2D eigenvalue weighted by Gasteiger charge is -2.11. The number of anilines is 1. The highest BCUT2D eigenvalue weighted by atomic mass is 16.1. The van der Waals surface area contributed by atoms with Crippen molar-refractivity contribution in [1.82, 2.24) is 9.97 Å². The Balaban J connectivity index is 1.81. The topological polar surface area (TPSA) is 54.9 Å². The van der Waals surface area contributed by atoms with Gasteiger partial charge in [0.2, 0.25) is 0 Å². The van der Waals surface area contributed by atoms with Crippen LogP contribution in [-0.2, 0) is 0 Å². The third-order valence-corrected chi connectivity index (χ3v) is 4.37. The summed E-state index contributed by atoms with van der Waals surface area (Å²) < 4.78 is 0. The average Bonchev–Trinajstić information content (AvgIpc) is 2.67. The van der Waals surface area contributed by atoms with E-state index in [-0.39, 0.29) is 5.91 Å². The van der Waals surface area contributed by atoms with E-state index in [0.29, 0.717) is 11.3 Å². The number of aryl methyl sites for hydroxylation is 2. The first-order valence-electron chi connectivity index (χ1n) is 8.81. The number of para-hydroxylation sites is 1. The third kappa shape index (κ3) is 3.55. The molecule has 132 valence electrons. The Morgan fingerprint density at radius 3 is 2.33 bits per heavy atom. The van der Waals surface area contributed by atoms with Crippen LogP contribution in [0.2, 0.25) is 0 Å². The van der Waals surface area contributed by atoms with E-state index >= 15 is 0 Å². The van der Waals surface area contributed by atoms with E-state index in [1.54, 1.807) is 6.20 Å². The Labute approximate surface area is 157 Å². The van der Waals surface area contributed by atoms with Gasteiger partial charge in [-0.25, -0.2) is 4.98 Å². The first kappa shape index (κ1) is 16.9. The molecule has 4 nitrogen and oxygen atoms in total. The molecular formula is C23H19N3O. The predicted molar refractivity (Wildman–Crippen MR) is 109 cm³/mol. The summed E-state index contributed by atoms with van der Waals surface area (Å²) in [6.45, 7) is 4.04. The van der Waals surface area contributed by atoms with E-state index in [2.05, 4.69) is 21.4 Å². The molecule has 0 saturated heterocycles. The largest absolute Gasteiger partial charge is 0.322 e. The van der Waals surface area contributed by atoms with Crippen LogP contribution < -0.4 is 5.32 Å². The van der Waals surface area contributed by atoms with Crippen molar-refractivity contribution >= 4 is 22.5 Å². The van der Waals surface area contributed by atoms with E-state index in [1.807, 2.05) is 74.5 Å². The summed E-state index contributed by atoms with van der Waals surface area (Å²) in [5.41, 5.74) is 5.78. The molecular weight excluding hydrogens is 334 g/mol. The minimum Gasteiger partial charge on any atom is -0.322 e. The minimum absolute atomic E-state index is 0.157. The number of hydrogen-bond donors (Lipinski definition) is 1. The molecule has 4 aromatic rings. The highest BCUT2D eigenvalue weighted by Crippen LogP contribution is 2.25. The maximum Gasteiger partial charge on any atom is 0.256 e. The number of aromatic nitrogens is 2. The van der Waals surface area contributed by atoms with Crippen LogP contribution in [0.3, 0.4) is 0 Å². The molecule has 2 aromatic carbocycles. The Morgan fingerprint density at radius 2 is 1.59 bits per heavy atom. The van der Waals surface area contributed by atoms with E-state index < -0.39 is 0 Å². The van der Waals surface area contributed by atoms with Gasteiger partial charge in [-0.15, -0.1) is 0 Å². The summed E-state index contributed by atoms with van der Waals surface area (Å²) in [6.07, 6.45) is 1.72. The lowest BCUT2D eigenvalue weighted by atomic mass is 10.0. The van der Waals surface area contributed by atoms with Gasteiger partial charge in [-0.1, -0.05) is 30.3 Å². The molecule has 2 aromatic heterocycles. The molecule has 1 N–H and O–H groups in total. The molecule has 0 saturated carbocycles. The van der Waals surface area contributed by atoms with Crippen LogP contribution in [0.4, 0.5) is 5.69 Å². The minimum atomic E-state index is -0.157. The Morgan fingerprint density at radius 1 is 0.852 bits per heavy atom. The first-order valence-corrected chi connectivity index (χ1v) is 8.81. The van der Waals surface area contributed by atoms with E-state index in [4.69, 9.17) is 0 Å². The Hall–Kier alpha value is -3.53. The molecule has 0 spiro atoms. The van der Waals surface area contributed by atoms with Crippen molar-refractivity contribution < 1.29 is 4.79 Å². The molecule has 0 unspecified atom stereocenters. The highest BCUT2D eigenvalue weighted by molar-refractivity contribution is 6.13. The zero-order chi connectivity index (χ0) is 18.8. The molecule has 0 aliphatic carbocycles. The number of nitrogens with one attached hydrogen (secondary N) is 1. The van der Waals surface area contributed by atoms with E-state index in [9.17, 15) is 4.79 Å². The van der Waals surface area contributed by atoms with Crippen molar-refractivity contribution in [2.75, 3.05) is 5.32 Å². The molecule has 1 amide bonds. The van der Waals surface area contributed by atoms with Gasteiger partial charge in [-0.3, -0.25) is 9.78 Å². The highest BCUT2D eigenvalue weighted by Gasteiger charge is 2.15. The predicted octanol–water partition coefficient (Wildman–Crippen LogP) is 5.17. The lowest BCUT2D eigenvalue weighted by molar-refractivity contribution is 0.102. The van der Waals surface area contributed by atoms with E-state index in [1.165, 1.54) is 0 Å². The number of benzene rings is 2. The molecule has 0 fully saturated rings. The SMILES string of the molecule is Cc1cc(C)cc(NC(=O)c2cc(-c3ccccn3)nc3ccccc23)c1. The standard InChI is InChI=1S/C23H19N3O/c1-15-11-16(2)13-17(12-15)25-23(27)19-14-22(21-9-5-6-10-24-21)26-20-8-4-3-7-18(19)20/h3-14H,1-2H3,(H,25,27). The summed E-state index contributed by atoms with van der Waals surface area (Å²) in [4.78, 5) is 22.1. The quantitative estimate of drug-likeness (QED) is 0.553. The van der Waals surface area contributed by atoms with Crippen LogP contribution >= 0.6 is 0 Å². The zero-order valence-electron chi connectivity index (χ0n) is 15.2. The maximum atomic E-state index is 13.1. The molecule has 0 bridgehead atoms. The third-order valence-electron chi connectivity index (χ3n) is 4.37. The molecule has 0 aliphatic heterocycles. The van der Waals surface area contributed by atoms with Gasteiger partial charge in [0.15, 0.2) is 0 Å². The normalized spacial score (nSPS) is 10.7. The second kappa shape index (κ2) is 7.00. The van der Waals surface area contributed by atoms with Crippen molar-refractivity contribution in [2.24, 2.45) is 0 Å². The van der Waals surface area contributed by atoms with E-state index in [0.717, 1.165) is 33.4 Å². The molecule has 2 heterocycles. The van der Waals surface area contributed by atoms with Crippen LogP contribution in [0.5, 0.6) is 0 Å². The number of hydrogen-bond acceptors (Lipinski definition) is 3. The number of amides is 1. The summed E-state index contributed by atoms with van der Waals surface area (Å²) in [7, 11) is 0. The summed E-state index contributed by atoms with van der Waals surface area (Å²) in [6, 6.07) is 21.1. The van der Waals surface area contributed by atoms with Crippen LogP contribution in [0, 0.1) is 13.8 Å². The Kier molecular flexibility index (Phi) is 4.38. The van der Waals surface area contributed by atoms with Crippen molar-refractivity contribution in [3.05, 3.63) is 89.6 Å². The van der Waals surface area contributed by atoms with Gasteiger partial charge in [0.05, 0.1) is 22.5 Å². The summed E-state index contributed by atoms with van der Waals surface area (Å²) in [5.74, 6) is -0.157. The average molecular weight is 353 g/mol. The summed E-state index contributed by atoms with van der Waals surface area (Å²) in [5, 5.41) is 3.84. The van der Waals surface area contributed by atoms with Gasteiger partial charge >= 0.3 is 0 Å². The van der Waals surface area contributed by atoms with Gasteiger partial charge in [0.1, 0.15) is 0 Å². The fourth-order valence-electron chi connectivity index (χ4n) is 3.25. The zero-order valence-corrected chi connectivity index (χ0v) is 15.2. The number of fused-ring (bicyclic) bond motifs is 1. The lowest BCUT2D eigenvalue weighted by Crippen LogP contribution is -2.13. The molecule has 4 heteroatoms. The summed E-state index contributed by atoms with van der Waals surface area (Å²) >= 11 is 0. The number of rotatable bonds is 3. The Bertz CT molecular complexity index is 1120. The van der Waals surface area contributed by atoms with Crippen LogP contribution in [0.15, 0.2) is 72.9 Å². The number of carbonyl (C=O) groups is 1. The van der Waals surface area contributed by atoms with Crippen molar-refractivity contribution in [1.29, 1.82) is 0 Å². The molecule has 4 rings (SSSR count).